The summed E-state index contributed by atoms with van der Waals surface area (Å²) in [6.07, 6.45) is 0.0995. The smallest absolute Gasteiger partial charge is 0.309 e. The first-order valence-electron chi connectivity index (χ1n) is 3.47. The Morgan fingerprint density at radius 3 is 2.45 bits per heavy atom. The molecular formula is C7H11NO3. The molecule has 1 fully saturated rings. The first-order valence-corrected chi connectivity index (χ1v) is 3.47. The molecule has 62 valence electrons. The van der Waals surface area contributed by atoms with Crippen LogP contribution >= 0.6 is 0 Å². The maximum absolute atomic E-state index is 10.8. The van der Waals surface area contributed by atoms with E-state index in [-0.39, 0.29) is 12.3 Å². The van der Waals surface area contributed by atoms with Gasteiger partial charge in [0, 0.05) is 12.0 Å². The van der Waals surface area contributed by atoms with Gasteiger partial charge in [0.2, 0.25) is 5.91 Å². The maximum Gasteiger partial charge on any atom is 0.309 e. The highest BCUT2D eigenvalue weighted by atomic mass is 16.4. The van der Waals surface area contributed by atoms with Gasteiger partial charge in [-0.05, 0) is 13.8 Å². The van der Waals surface area contributed by atoms with Gasteiger partial charge >= 0.3 is 5.97 Å². The largest absolute Gasteiger partial charge is 0.481 e. The zero-order valence-corrected chi connectivity index (χ0v) is 6.55. The predicted molar refractivity (Wildman–Crippen MR) is 38.0 cm³/mol. The van der Waals surface area contributed by atoms with E-state index < -0.39 is 17.4 Å². The zero-order chi connectivity index (χ0) is 8.65. The number of hydrogen-bond acceptors (Lipinski definition) is 2. The molecule has 1 amide bonds. The van der Waals surface area contributed by atoms with E-state index in [0.717, 1.165) is 0 Å². The third kappa shape index (κ3) is 1.34. The van der Waals surface area contributed by atoms with Crippen LogP contribution in [-0.2, 0) is 9.59 Å². The van der Waals surface area contributed by atoms with Gasteiger partial charge in [-0.25, -0.2) is 0 Å². The molecule has 0 aromatic heterocycles. The van der Waals surface area contributed by atoms with Crippen molar-refractivity contribution in [2.75, 3.05) is 0 Å². The van der Waals surface area contributed by atoms with E-state index in [9.17, 15) is 9.59 Å². The van der Waals surface area contributed by atoms with Gasteiger partial charge in [-0.1, -0.05) is 0 Å². The molecule has 1 saturated heterocycles. The Balaban J connectivity index is 2.82. The first kappa shape index (κ1) is 8.04. The lowest BCUT2D eigenvalue weighted by atomic mass is 9.89. The Bertz CT molecular complexity index is 210. The molecular weight excluding hydrogens is 146 g/mol. The van der Waals surface area contributed by atoms with Crippen LogP contribution in [0.15, 0.2) is 0 Å². The van der Waals surface area contributed by atoms with Crippen molar-refractivity contribution in [1.82, 2.24) is 5.32 Å². The molecule has 0 unspecified atom stereocenters. The summed E-state index contributed by atoms with van der Waals surface area (Å²) in [5.41, 5.74) is -0.594. The summed E-state index contributed by atoms with van der Waals surface area (Å²) in [6.45, 7) is 3.44. The zero-order valence-electron chi connectivity index (χ0n) is 6.55. The van der Waals surface area contributed by atoms with Crippen LogP contribution in [0.3, 0.4) is 0 Å². The van der Waals surface area contributed by atoms with Gasteiger partial charge in [-0.15, -0.1) is 0 Å². The maximum atomic E-state index is 10.8. The van der Waals surface area contributed by atoms with Gasteiger partial charge in [0.1, 0.15) is 0 Å². The topological polar surface area (TPSA) is 66.4 Å². The Kier molecular flexibility index (Phi) is 1.62. The minimum Gasteiger partial charge on any atom is -0.481 e. The first-order chi connectivity index (χ1) is 4.93. The summed E-state index contributed by atoms with van der Waals surface area (Å²) in [5.74, 6) is -1.68. The molecule has 1 heterocycles. The third-order valence-corrected chi connectivity index (χ3v) is 2.02. The predicted octanol–water partition coefficient (Wildman–Crippen LogP) is -0.0143. The molecule has 1 rings (SSSR count). The highest BCUT2D eigenvalue weighted by molar-refractivity contribution is 5.87. The molecule has 1 atom stereocenters. The van der Waals surface area contributed by atoms with Crippen molar-refractivity contribution in [3.8, 4) is 0 Å². The highest BCUT2D eigenvalue weighted by Crippen LogP contribution is 2.26. The lowest BCUT2D eigenvalue weighted by Crippen LogP contribution is -2.42. The minimum absolute atomic E-state index is 0.0995. The van der Waals surface area contributed by atoms with E-state index >= 15 is 0 Å². The molecule has 4 nitrogen and oxygen atoms in total. The number of carbonyl (C=O) groups excluding carboxylic acids is 1. The van der Waals surface area contributed by atoms with E-state index in [1.807, 2.05) is 0 Å². The van der Waals surface area contributed by atoms with Crippen molar-refractivity contribution >= 4 is 11.9 Å². The molecule has 4 heteroatoms. The van der Waals surface area contributed by atoms with Crippen LogP contribution in [0, 0.1) is 5.92 Å². The van der Waals surface area contributed by atoms with E-state index in [2.05, 4.69) is 5.32 Å². The standard InChI is InChI=1S/C7H11NO3/c1-7(2)4(6(10)11)3-5(9)8-7/h4H,3H2,1-2H3,(H,8,9)(H,10,11)/t4-/m1/s1. The summed E-state index contributed by atoms with van der Waals surface area (Å²) < 4.78 is 0. The van der Waals surface area contributed by atoms with Crippen molar-refractivity contribution in [2.45, 2.75) is 25.8 Å². The van der Waals surface area contributed by atoms with Crippen molar-refractivity contribution < 1.29 is 14.7 Å². The number of hydrogen-bond donors (Lipinski definition) is 2. The average molecular weight is 157 g/mol. The van der Waals surface area contributed by atoms with Crippen molar-refractivity contribution in [1.29, 1.82) is 0 Å². The molecule has 0 aromatic rings. The molecule has 1 aliphatic heterocycles. The average Bonchev–Trinajstić information content (AvgIpc) is 2.04. The lowest BCUT2D eigenvalue weighted by molar-refractivity contribution is -0.143. The van der Waals surface area contributed by atoms with Crippen molar-refractivity contribution in [2.24, 2.45) is 5.92 Å². The van der Waals surface area contributed by atoms with E-state index in [1.54, 1.807) is 13.8 Å². The fraction of sp³-hybridized carbons (Fsp3) is 0.714. The molecule has 0 aromatic carbocycles. The summed E-state index contributed by atoms with van der Waals surface area (Å²) in [6, 6.07) is 0. The monoisotopic (exact) mass is 157 g/mol. The number of carboxylic acids is 1. The quantitative estimate of drug-likeness (QED) is 0.562. The van der Waals surface area contributed by atoms with Crippen LogP contribution in [0.25, 0.3) is 0 Å². The molecule has 11 heavy (non-hydrogen) atoms. The molecule has 0 spiro atoms. The van der Waals surface area contributed by atoms with E-state index in [4.69, 9.17) is 5.11 Å². The fourth-order valence-corrected chi connectivity index (χ4v) is 1.33. The SMILES string of the molecule is CC1(C)NC(=O)C[C@@H]1C(=O)O. The summed E-state index contributed by atoms with van der Waals surface area (Å²) in [4.78, 5) is 21.4. The van der Waals surface area contributed by atoms with Crippen molar-refractivity contribution in [3.05, 3.63) is 0 Å². The number of carboxylic acid groups (broad SMARTS) is 1. The van der Waals surface area contributed by atoms with Crippen LogP contribution in [0.1, 0.15) is 20.3 Å². The second-order valence-electron chi connectivity index (χ2n) is 3.36. The van der Waals surface area contributed by atoms with Crippen molar-refractivity contribution in [3.63, 3.8) is 0 Å². The summed E-state index contributed by atoms with van der Waals surface area (Å²) in [7, 11) is 0. The summed E-state index contributed by atoms with van der Waals surface area (Å²) in [5, 5.41) is 11.3. The Hall–Kier alpha value is -1.06. The molecule has 0 aliphatic carbocycles. The lowest BCUT2D eigenvalue weighted by Gasteiger charge is -2.22. The van der Waals surface area contributed by atoms with Gasteiger partial charge < -0.3 is 10.4 Å². The van der Waals surface area contributed by atoms with Crippen LogP contribution in [-0.4, -0.2) is 22.5 Å². The van der Waals surface area contributed by atoms with Crippen LogP contribution in [0.2, 0.25) is 0 Å². The molecule has 0 bridgehead atoms. The van der Waals surface area contributed by atoms with Crippen LogP contribution < -0.4 is 5.32 Å². The Labute approximate surface area is 64.6 Å². The Morgan fingerprint density at radius 1 is 1.73 bits per heavy atom. The third-order valence-electron chi connectivity index (χ3n) is 2.02. The molecule has 0 radical (unpaired) electrons. The van der Waals surface area contributed by atoms with E-state index in [1.165, 1.54) is 0 Å². The van der Waals surface area contributed by atoms with Gasteiger partial charge in [-0.2, -0.15) is 0 Å². The second-order valence-corrected chi connectivity index (χ2v) is 3.36. The fourth-order valence-electron chi connectivity index (χ4n) is 1.33. The number of rotatable bonds is 1. The highest BCUT2D eigenvalue weighted by Gasteiger charge is 2.43. The number of nitrogens with one attached hydrogen (secondary N) is 1. The number of aliphatic carboxylic acids is 1. The molecule has 2 N–H and O–H groups in total. The summed E-state index contributed by atoms with van der Waals surface area (Å²) >= 11 is 0. The number of carbonyl (C=O) groups is 2. The second kappa shape index (κ2) is 2.22. The minimum atomic E-state index is -0.909. The normalized spacial score (nSPS) is 28.2. The van der Waals surface area contributed by atoms with Gasteiger partial charge in [0.15, 0.2) is 0 Å². The van der Waals surface area contributed by atoms with Gasteiger partial charge in [0.05, 0.1) is 5.92 Å². The van der Waals surface area contributed by atoms with E-state index in [0.29, 0.717) is 0 Å². The number of amides is 1. The molecule has 1 aliphatic rings. The van der Waals surface area contributed by atoms with Gasteiger partial charge in [0.25, 0.3) is 0 Å². The van der Waals surface area contributed by atoms with Crippen LogP contribution in [0.4, 0.5) is 0 Å². The van der Waals surface area contributed by atoms with Gasteiger partial charge in [-0.3, -0.25) is 9.59 Å². The Morgan fingerprint density at radius 2 is 2.27 bits per heavy atom. The van der Waals surface area contributed by atoms with Crippen LogP contribution in [0.5, 0.6) is 0 Å². The molecule has 0 saturated carbocycles.